The number of thiophene rings is 1. The van der Waals surface area contributed by atoms with Gasteiger partial charge in [-0.25, -0.2) is 4.39 Å². The van der Waals surface area contributed by atoms with Gasteiger partial charge in [-0.15, -0.1) is 11.3 Å². The quantitative estimate of drug-likeness (QED) is 0.274. The van der Waals surface area contributed by atoms with Crippen LogP contribution in [0.5, 0.6) is 0 Å². The van der Waals surface area contributed by atoms with Crippen LogP contribution in [0, 0.1) is 25.6 Å². The number of rotatable bonds is 7. The van der Waals surface area contributed by atoms with Crippen LogP contribution in [0.1, 0.15) is 56.4 Å². The number of nitrogens with zero attached hydrogens (tertiary/aromatic N) is 1. The molecule has 5 heteroatoms. The number of likely N-dealkylation sites (tertiary alicyclic amines) is 1. The zero-order chi connectivity index (χ0) is 25.8. The number of anilines is 1. The van der Waals surface area contributed by atoms with E-state index in [2.05, 4.69) is 54.4 Å². The molecule has 3 nitrogen and oxygen atoms in total. The summed E-state index contributed by atoms with van der Waals surface area (Å²) in [5.41, 5.74) is 5.40. The number of nitrogens with one attached hydrogen (secondary N) is 1. The third-order valence-corrected chi connectivity index (χ3v) is 8.67. The van der Waals surface area contributed by atoms with Crippen molar-refractivity contribution < 1.29 is 9.18 Å². The molecular formula is C32H33FN2OS. The van der Waals surface area contributed by atoms with Gasteiger partial charge in [-0.2, -0.15) is 0 Å². The van der Waals surface area contributed by atoms with Crippen molar-refractivity contribution >= 4 is 22.2 Å². The third kappa shape index (κ3) is 5.84. The highest BCUT2D eigenvalue weighted by Gasteiger charge is 2.32. The van der Waals surface area contributed by atoms with Crippen molar-refractivity contribution in [3.05, 3.63) is 123 Å². The van der Waals surface area contributed by atoms with Crippen molar-refractivity contribution in [2.24, 2.45) is 5.92 Å². The second-order valence-electron chi connectivity index (χ2n) is 9.97. The maximum absolute atomic E-state index is 13.9. The second-order valence-corrected chi connectivity index (χ2v) is 11.2. The highest BCUT2D eigenvalue weighted by Crippen LogP contribution is 2.43. The molecule has 3 aromatic carbocycles. The summed E-state index contributed by atoms with van der Waals surface area (Å²) < 4.78 is 13.9. The number of halogens is 1. The number of benzene rings is 3. The highest BCUT2D eigenvalue weighted by atomic mass is 32.1. The van der Waals surface area contributed by atoms with Crippen LogP contribution in [0.15, 0.2) is 84.9 Å². The fourth-order valence-corrected chi connectivity index (χ4v) is 6.49. The van der Waals surface area contributed by atoms with Crippen molar-refractivity contribution in [1.29, 1.82) is 0 Å². The Bertz CT molecular complexity index is 1330. The molecular weight excluding hydrogens is 479 g/mol. The standard InChI is InChI=1S/C32H33FN2OS/c1-22-23(2)37-32(34-31(36)27-11-7-4-8-12-27)29(22)30(26-13-15-28(33)16-14-26)35-19-17-25(18-20-35)21-24-9-5-3-6-10-24/h3-16,25,30H,17-21H2,1-2H3,(H,34,36)/t30-/m0/s1. The minimum absolute atomic E-state index is 0.0469. The fourth-order valence-electron chi connectivity index (χ4n) is 5.40. The van der Waals surface area contributed by atoms with Crippen LogP contribution in [0.3, 0.4) is 0 Å². The molecule has 1 aliphatic rings. The van der Waals surface area contributed by atoms with E-state index < -0.39 is 0 Å². The Labute approximate surface area is 223 Å². The van der Waals surface area contributed by atoms with Crippen LogP contribution in [0.4, 0.5) is 9.39 Å². The first kappa shape index (κ1) is 25.4. The lowest BCUT2D eigenvalue weighted by Gasteiger charge is -2.38. The molecule has 1 saturated heterocycles. The lowest BCUT2D eigenvalue weighted by atomic mass is 9.87. The van der Waals surface area contributed by atoms with Crippen molar-refractivity contribution in [2.75, 3.05) is 18.4 Å². The lowest BCUT2D eigenvalue weighted by Crippen LogP contribution is -2.38. The lowest BCUT2D eigenvalue weighted by molar-refractivity contribution is 0.102. The summed E-state index contributed by atoms with van der Waals surface area (Å²) in [5.74, 6) is 0.303. The van der Waals surface area contributed by atoms with Gasteiger partial charge in [-0.3, -0.25) is 9.69 Å². The Kier molecular flexibility index (Phi) is 7.82. The molecule has 0 radical (unpaired) electrons. The molecule has 0 unspecified atom stereocenters. The smallest absolute Gasteiger partial charge is 0.256 e. The molecule has 5 rings (SSSR count). The van der Waals surface area contributed by atoms with Crippen molar-refractivity contribution in [2.45, 2.75) is 39.2 Å². The summed E-state index contributed by atoms with van der Waals surface area (Å²) in [6.07, 6.45) is 3.33. The van der Waals surface area contributed by atoms with Crippen molar-refractivity contribution in [3.63, 3.8) is 0 Å². The zero-order valence-corrected chi connectivity index (χ0v) is 22.2. The monoisotopic (exact) mass is 512 g/mol. The number of piperidine rings is 1. The molecule has 1 aliphatic heterocycles. The van der Waals surface area contributed by atoms with Gasteiger partial charge in [0.05, 0.1) is 6.04 Å². The summed E-state index contributed by atoms with van der Waals surface area (Å²) in [4.78, 5) is 16.8. The van der Waals surface area contributed by atoms with Gasteiger partial charge in [0, 0.05) is 16.0 Å². The van der Waals surface area contributed by atoms with Gasteiger partial charge in [-0.05, 0) is 93.1 Å². The van der Waals surface area contributed by atoms with Crippen LogP contribution in [-0.4, -0.2) is 23.9 Å². The van der Waals surface area contributed by atoms with E-state index in [9.17, 15) is 9.18 Å². The molecule has 37 heavy (non-hydrogen) atoms. The number of hydrogen-bond donors (Lipinski definition) is 1. The number of aryl methyl sites for hydroxylation is 1. The van der Waals surface area contributed by atoms with Crippen LogP contribution < -0.4 is 5.32 Å². The van der Waals surface area contributed by atoms with Crippen LogP contribution >= 0.6 is 11.3 Å². The van der Waals surface area contributed by atoms with Gasteiger partial charge in [0.2, 0.25) is 0 Å². The number of carbonyl (C=O) groups is 1. The molecule has 1 N–H and O–H groups in total. The summed E-state index contributed by atoms with van der Waals surface area (Å²) in [7, 11) is 0. The molecule has 0 saturated carbocycles. The van der Waals surface area contributed by atoms with E-state index in [-0.39, 0.29) is 17.8 Å². The highest BCUT2D eigenvalue weighted by molar-refractivity contribution is 7.16. The second kappa shape index (κ2) is 11.4. The Morgan fingerprint density at radius 1 is 0.946 bits per heavy atom. The Morgan fingerprint density at radius 2 is 1.57 bits per heavy atom. The van der Waals surface area contributed by atoms with Gasteiger partial charge in [0.25, 0.3) is 5.91 Å². The fraction of sp³-hybridized carbons (Fsp3) is 0.281. The van der Waals surface area contributed by atoms with Crippen molar-refractivity contribution in [3.8, 4) is 0 Å². The predicted molar refractivity (Wildman–Crippen MR) is 151 cm³/mol. The van der Waals surface area contributed by atoms with E-state index in [1.54, 1.807) is 23.5 Å². The first-order chi connectivity index (χ1) is 18.0. The Hall–Kier alpha value is -3.28. The van der Waals surface area contributed by atoms with E-state index in [1.807, 2.05) is 42.5 Å². The van der Waals surface area contributed by atoms with Gasteiger partial charge in [0.15, 0.2) is 0 Å². The molecule has 190 valence electrons. The van der Waals surface area contributed by atoms with E-state index in [0.29, 0.717) is 11.5 Å². The minimum Gasteiger partial charge on any atom is -0.313 e. The van der Waals surface area contributed by atoms with Crippen LogP contribution in [0.2, 0.25) is 0 Å². The topological polar surface area (TPSA) is 32.3 Å². The molecule has 2 heterocycles. The van der Waals surface area contributed by atoms with E-state index in [1.165, 1.54) is 16.0 Å². The van der Waals surface area contributed by atoms with E-state index in [4.69, 9.17) is 0 Å². The van der Waals surface area contributed by atoms with Gasteiger partial charge >= 0.3 is 0 Å². The van der Waals surface area contributed by atoms with Crippen LogP contribution in [-0.2, 0) is 6.42 Å². The van der Waals surface area contributed by atoms with Crippen molar-refractivity contribution in [1.82, 2.24) is 4.90 Å². The maximum atomic E-state index is 13.9. The van der Waals surface area contributed by atoms with Gasteiger partial charge < -0.3 is 5.32 Å². The van der Waals surface area contributed by atoms with Gasteiger partial charge in [-0.1, -0.05) is 60.7 Å². The maximum Gasteiger partial charge on any atom is 0.256 e. The van der Waals surface area contributed by atoms with Crippen LogP contribution in [0.25, 0.3) is 0 Å². The average molecular weight is 513 g/mol. The third-order valence-electron chi connectivity index (χ3n) is 7.54. The summed E-state index contributed by atoms with van der Waals surface area (Å²) in [6, 6.07) is 26.9. The average Bonchev–Trinajstić information content (AvgIpc) is 3.19. The normalized spacial score (nSPS) is 15.4. The summed E-state index contributed by atoms with van der Waals surface area (Å²) >= 11 is 1.62. The molecule has 0 bridgehead atoms. The van der Waals surface area contributed by atoms with Gasteiger partial charge in [0.1, 0.15) is 10.8 Å². The first-order valence-corrected chi connectivity index (χ1v) is 13.8. The SMILES string of the molecule is Cc1sc(NC(=O)c2ccccc2)c([C@H](c2ccc(F)cc2)N2CCC(Cc3ccccc3)CC2)c1C. The molecule has 1 aromatic heterocycles. The largest absolute Gasteiger partial charge is 0.313 e. The molecule has 0 aliphatic carbocycles. The van der Waals surface area contributed by atoms with E-state index in [0.717, 1.165) is 48.5 Å². The summed E-state index contributed by atoms with van der Waals surface area (Å²) in [6.45, 7) is 6.16. The molecule has 0 spiro atoms. The molecule has 1 amide bonds. The Balaban J connectivity index is 1.44. The predicted octanol–water partition coefficient (Wildman–Crippen LogP) is 7.80. The molecule has 1 atom stereocenters. The number of amides is 1. The number of hydrogen-bond acceptors (Lipinski definition) is 3. The molecule has 4 aromatic rings. The Morgan fingerprint density at radius 3 is 2.22 bits per heavy atom. The van der Waals surface area contributed by atoms with E-state index >= 15 is 0 Å². The summed E-state index contributed by atoms with van der Waals surface area (Å²) in [5, 5.41) is 4.09. The number of carbonyl (C=O) groups excluding carboxylic acids is 1. The zero-order valence-electron chi connectivity index (χ0n) is 21.4. The minimum atomic E-state index is -0.236. The first-order valence-electron chi connectivity index (χ1n) is 13.0. The molecule has 1 fully saturated rings.